The number of benzene rings is 2. The number of non-ortho nitro benzene ring substituents is 1. The number of aryl methyl sites for hydroxylation is 1. The molecule has 0 saturated carbocycles. The second-order valence-corrected chi connectivity index (χ2v) is 5.95. The molecule has 0 spiro atoms. The van der Waals surface area contributed by atoms with Crippen molar-refractivity contribution in [2.45, 2.75) is 25.3 Å². The summed E-state index contributed by atoms with van der Waals surface area (Å²) in [5.41, 5.74) is 3.47. The Labute approximate surface area is 139 Å². The Kier molecular flexibility index (Phi) is 4.52. The summed E-state index contributed by atoms with van der Waals surface area (Å²) >= 11 is 5.37. The average Bonchev–Trinajstić information content (AvgIpc) is 2.55. The number of anilines is 1. The lowest BCUT2D eigenvalue weighted by Crippen LogP contribution is -2.34. The molecule has 2 aromatic rings. The molecule has 0 bridgehead atoms. The number of nitrogens with one attached hydrogen (secondary N) is 2. The number of nitro groups is 1. The van der Waals surface area contributed by atoms with Crippen LogP contribution in [0.2, 0.25) is 0 Å². The standard InChI is InChI=1S/C17H17N3O2S/c21-20(22)14-10-8-13(9-11-14)18-17(23)19-16-7-3-5-12-4-1-2-6-15(12)16/h1-2,4,6,8-11,16H,3,5,7H2,(H2,18,19,23). The van der Waals surface area contributed by atoms with Crippen LogP contribution in [0.25, 0.3) is 0 Å². The fourth-order valence-corrected chi connectivity index (χ4v) is 3.16. The average molecular weight is 327 g/mol. The van der Waals surface area contributed by atoms with Crippen molar-refractivity contribution < 1.29 is 4.92 Å². The lowest BCUT2D eigenvalue weighted by molar-refractivity contribution is -0.384. The zero-order valence-electron chi connectivity index (χ0n) is 12.5. The summed E-state index contributed by atoms with van der Waals surface area (Å²) in [5, 5.41) is 17.6. The minimum atomic E-state index is -0.417. The van der Waals surface area contributed by atoms with Gasteiger partial charge in [-0.2, -0.15) is 0 Å². The monoisotopic (exact) mass is 327 g/mol. The first-order chi connectivity index (χ1) is 11.1. The highest BCUT2D eigenvalue weighted by Gasteiger charge is 2.20. The number of rotatable bonds is 3. The van der Waals surface area contributed by atoms with Crippen LogP contribution in [-0.2, 0) is 6.42 Å². The van der Waals surface area contributed by atoms with Gasteiger partial charge in [0.25, 0.3) is 5.69 Å². The van der Waals surface area contributed by atoms with Crippen LogP contribution in [0.5, 0.6) is 0 Å². The number of thiocarbonyl (C=S) groups is 1. The predicted octanol–water partition coefficient (Wildman–Crippen LogP) is 3.96. The third-order valence-electron chi connectivity index (χ3n) is 4.01. The first-order valence-electron chi connectivity index (χ1n) is 7.53. The van der Waals surface area contributed by atoms with Crippen LogP contribution in [0.3, 0.4) is 0 Å². The molecule has 0 aliphatic heterocycles. The highest BCUT2D eigenvalue weighted by atomic mass is 32.1. The minimum absolute atomic E-state index is 0.0654. The molecule has 2 aromatic carbocycles. The molecule has 0 radical (unpaired) electrons. The molecule has 118 valence electrons. The summed E-state index contributed by atoms with van der Waals surface area (Å²) in [6.45, 7) is 0. The molecule has 5 nitrogen and oxygen atoms in total. The Bertz CT molecular complexity index is 731. The van der Waals surface area contributed by atoms with Gasteiger partial charge in [-0.1, -0.05) is 24.3 Å². The smallest absolute Gasteiger partial charge is 0.269 e. The van der Waals surface area contributed by atoms with E-state index in [1.165, 1.54) is 23.3 Å². The topological polar surface area (TPSA) is 67.2 Å². The van der Waals surface area contributed by atoms with Gasteiger partial charge in [0.2, 0.25) is 0 Å². The van der Waals surface area contributed by atoms with Gasteiger partial charge < -0.3 is 10.6 Å². The van der Waals surface area contributed by atoms with E-state index in [9.17, 15) is 10.1 Å². The lowest BCUT2D eigenvalue weighted by Gasteiger charge is -2.27. The summed E-state index contributed by atoms with van der Waals surface area (Å²) in [7, 11) is 0. The van der Waals surface area contributed by atoms with Crippen molar-refractivity contribution in [2.75, 3.05) is 5.32 Å². The normalized spacial score (nSPS) is 16.3. The Morgan fingerprint density at radius 1 is 1.17 bits per heavy atom. The third-order valence-corrected chi connectivity index (χ3v) is 4.23. The van der Waals surface area contributed by atoms with Gasteiger partial charge in [0.1, 0.15) is 0 Å². The predicted molar refractivity (Wildman–Crippen MR) is 94.6 cm³/mol. The second-order valence-electron chi connectivity index (χ2n) is 5.55. The van der Waals surface area contributed by atoms with Gasteiger partial charge in [-0.3, -0.25) is 10.1 Å². The Balaban J connectivity index is 1.65. The molecule has 23 heavy (non-hydrogen) atoms. The zero-order valence-corrected chi connectivity index (χ0v) is 13.3. The highest BCUT2D eigenvalue weighted by Crippen LogP contribution is 2.29. The molecule has 0 fully saturated rings. The van der Waals surface area contributed by atoms with Gasteiger partial charge in [-0.25, -0.2) is 0 Å². The fraction of sp³-hybridized carbons (Fsp3) is 0.235. The van der Waals surface area contributed by atoms with Crippen LogP contribution >= 0.6 is 12.2 Å². The largest absolute Gasteiger partial charge is 0.356 e. The molecule has 2 N–H and O–H groups in total. The van der Waals surface area contributed by atoms with E-state index in [1.54, 1.807) is 12.1 Å². The van der Waals surface area contributed by atoms with E-state index >= 15 is 0 Å². The Hall–Kier alpha value is -2.47. The Morgan fingerprint density at radius 2 is 1.91 bits per heavy atom. The maximum atomic E-state index is 10.7. The van der Waals surface area contributed by atoms with E-state index in [-0.39, 0.29) is 11.7 Å². The third kappa shape index (κ3) is 3.65. The minimum Gasteiger partial charge on any atom is -0.356 e. The number of nitrogens with zero attached hydrogens (tertiary/aromatic N) is 1. The summed E-state index contributed by atoms with van der Waals surface area (Å²) in [5.74, 6) is 0. The molecule has 6 heteroatoms. The van der Waals surface area contributed by atoms with Crippen LogP contribution in [0.4, 0.5) is 11.4 Å². The summed E-state index contributed by atoms with van der Waals surface area (Å²) in [6, 6.07) is 14.8. The van der Waals surface area contributed by atoms with Crippen LogP contribution < -0.4 is 10.6 Å². The van der Waals surface area contributed by atoms with Crippen LogP contribution in [0.15, 0.2) is 48.5 Å². The molecule has 0 saturated heterocycles. The quantitative estimate of drug-likeness (QED) is 0.507. The van der Waals surface area contributed by atoms with Crippen molar-refractivity contribution in [1.29, 1.82) is 0 Å². The maximum absolute atomic E-state index is 10.7. The van der Waals surface area contributed by atoms with Crippen molar-refractivity contribution in [2.24, 2.45) is 0 Å². The van der Waals surface area contributed by atoms with Crippen molar-refractivity contribution in [3.05, 3.63) is 69.8 Å². The SMILES string of the molecule is O=[N+]([O-])c1ccc(NC(=S)NC2CCCc3ccccc32)cc1. The molecule has 0 amide bonds. The number of hydrogen-bond acceptors (Lipinski definition) is 3. The molecule has 0 aromatic heterocycles. The fourth-order valence-electron chi connectivity index (χ4n) is 2.90. The van der Waals surface area contributed by atoms with Gasteiger partial charge in [-0.15, -0.1) is 0 Å². The zero-order chi connectivity index (χ0) is 16.2. The number of fused-ring (bicyclic) bond motifs is 1. The van der Waals surface area contributed by atoms with E-state index in [1.807, 2.05) is 6.07 Å². The molecule has 1 unspecified atom stereocenters. The van der Waals surface area contributed by atoms with E-state index in [0.29, 0.717) is 5.11 Å². The van der Waals surface area contributed by atoms with Gasteiger partial charge in [-0.05, 0) is 54.7 Å². The molecule has 3 rings (SSSR count). The van der Waals surface area contributed by atoms with E-state index in [4.69, 9.17) is 12.2 Å². The molecule has 0 heterocycles. The molecular formula is C17H17N3O2S. The van der Waals surface area contributed by atoms with Crippen molar-refractivity contribution in [3.63, 3.8) is 0 Å². The van der Waals surface area contributed by atoms with Crippen LogP contribution in [0, 0.1) is 10.1 Å². The van der Waals surface area contributed by atoms with Gasteiger partial charge >= 0.3 is 0 Å². The van der Waals surface area contributed by atoms with Crippen LogP contribution in [-0.4, -0.2) is 10.0 Å². The summed E-state index contributed by atoms with van der Waals surface area (Å²) in [4.78, 5) is 10.2. The van der Waals surface area contributed by atoms with E-state index < -0.39 is 4.92 Å². The van der Waals surface area contributed by atoms with E-state index in [0.717, 1.165) is 24.9 Å². The first kappa shape index (κ1) is 15.4. The van der Waals surface area contributed by atoms with Crippen molar-refractivity contribution >= 4 is 28.7 Å². The van der Waals surface area contributed by atoms with Gasteiger partial charge in [0, 0.05) is 17.8 Å². The summed E-state index contributed by atoms with van der Waals surface area (Å²) < 4.78 is 0. The Morgan fingerprint density at radius 3 is 2.65 bits per heavy atom. The van der Waals surface area contributed by atoms with E-state index in [2.05, 4.69) is 28.8 Å². The molecule has 1 aliphatic rings. The van der Waals surface area contributed by atoms with Gasteiger partial charge in [0.15, 0.2) is 5.11 Å². The second kappa shape index (κ2) is 6.75. The van der Waals surface area contributed by atoms with Gasteiger partial charge in [0.05, 0.1) is 11.0 Å². The molecule has 1 atom stereocenters. The number of hydrogen-bond donors (Lipinski definition) is 2. The maximum Gasteiger partial charge on any atom is 0.269 e. The lowest BCUT2D eigenvalue weighted by atomic mass is 9.88. The first-order valence-corrected chi connectivity index (χ1v) is 7.94. The van der Waals surface area contributed by atoms with Crippen LogP contribution in [0.1, 0.15) is 30.0 Å². The molecule has 1 aliphatic carbocycles. The molecular weight excluding hydrogens is 310 g/mol. The summed E-state index contributed by atoms with van der Waals surface area (Å²) in [6.07, 6.45) is 3.28. The van der Waals surface area contributed by atoms with Crippen molar-refractivity contribution in [1.82, 2.24) is 5.32 Å². The van der Waals surface area contributed by atoms with Crippen molar-refractivity contribution in [3.8, 4) is 0 Å². The highest BCUT2D eigenvalue weighted by molar-refractivity contribution is 7.80. The number of nitro benzene ring substituents is 1.